The average Bonchev–Trinajstić information content (AvgIpc) is 2.46. The molecule has 1 heterocycles. The Morgan fingerprint density at radius 1 is 1.42 bits per heavy atom. The third-order valence-electron chi connectivity index (χ3n) is 4.23. The fourth-order valence-electron chi connectivity index (χ4n) is 1.48. The third kappa shape index (κ3) is 3.83. The molecule has 19 heavy (non-hydrogen) atoms. The van der Waals surface area contributed by atoms with Crippen LogP contribution in [0.1, 0.15) is 34.6 Å². The largest absolute Gasteiger partial charge is 0.511 e. The third-order valence-corrected chi connectivity index (χ3v) is 9.17. The van der Waals surface area contributed by atoms with Gasteiger partial charge in [-0.05, 0) is 12.0 Å². The molecule has 2 atom stereocenters. The molecule has 0 spiro atoms. The zero-order valence-corrected chi connectivity index (χ0v) is 14.1. The van der Waals surface area contributed by atoms with Crippen LogP contribution in [0.25, 0.3) is 0 Å². The molecular weight excluding hydrogens is 260 g/mol. The molecule has 2 unspecified atom stereocenters. The molecule has 1 aliphatic heterocycles. The lowest BCUT2D eigenvalue weighted by Gasteiger charge is -2.34. The lowest BCUT2D eigenvalue weighted by Crippen LogP contribution is -2.38. The summed E-state index contributed by atoms with van der Waals surface area (Å²) in [7, 11) is -1.44. The van der Waals surface area contributed by atoms with E-state index in [9.17, 15) is 4.79 Å². The maximum Gasteiger partial charge on any atom is 0.511 e. The maximum atomic E-state index is 11.1. The molecule has 0 N–H and O–H groups in total. The second-order valence-electron chi connectivity index (χ2n) is 6.81. The molecule has 0 aromatic heterocycles. The van der Waals surface area contributed by atoms with Crippen LogP contribution in [-0.4, -0.2) is 32.7 Å². The Labute approximate surface area is 117 Å². The highest BCUT2D eigenvalue weighted by molar-refractivity contribution is 6.84. The zero-order chi connectivity index (χ0) is 14.9. The number of hydrogen-bond donors (Lipinski definition) is 0. The summed E-state index contributed by atoms with van der Waals surface area (Å²) in [6.45, 7) is 15.4. The van der Waals surface area contributed by atoms with Gasteiger partial charge in [0, 0.05) is 6.92 Å². The molecule has 0 aromatic carbocycles. The Kier molecular flexibility index (Phi) is 4.52. The summed E-state index contributed by atoms with van der Waals surface area (Å²) in [6, 6.07) is 0. The molecule has 1 aliphatic rings. The normalized spacial score (nSPS) is 28.6. The highest BCUT2D eigenvalue weighted by Crippen LogP contribution is 2.36. The van der Waals surface area contributed by atoms with Crippen LogP contribution in [0.5, 0.6) is 0 Å². The number of rotatable bonds is 4. The van der Waals surface area contributed by atoms with Gasteiger partial charge in [-0.1, -0.05) is 45.6 Å². The summed E-state index contributed by atoms with van der Waals surface area (Å²) in [5, 5.41) is 0.309. The van der Waals surface area contributed by atoms with E-state index in [1.807, 2.05) is 6.08 Å². The SMILES string of the molecule is CC1OC(=O)OC1(C)OC/C=C/[Si](C)(C)C(C)(C)C. The lowest BCUT2D eigenvalue weighted by molar-refractivity contribution is -0.178. The van der Waals surface area contributed by atoms with Crippen molar-refractivity contribution in [2.45, 2.75) is 64.6 Å². The smallest absolute Gasteiger partial charge is 0.424 e. The minimum absolute atomic E-state index is 0.309. The van der Waals surface area contributed by atoms with Gasteiger partial charge < -0.3 is 14.2 Å². The van der Waals surface area contributed by atoms with E-state index in [4.69, 9.17) is 14.2 Å². The van der Waals surface area contributed by atoms with Crippen molar-refractivity contribution < 1.29 is 19.0 Å². The quantitative estimate of drug-likeness (QED) is 0.581. The highest BCUT2D eigenvalue weighted by Gasteiger charge is 2.46. The fourth-order valence-corrected chi connectivity index (χ4v) is 2.66. The average molecular weight is 286 g/mol. The van der Waals surface area contributed by atoms with Crippen molar-refractivity contribution in [2.24, 2.45) is 0 Å². The van der Waals surface area contributed by atoms with E-state index in [-0.39, 0.29) is 6.10 Å². The first-order valence-electron chi connectivity index (χ1n) is 6.69. The Balaban J connectivity index is 2.53. The summed E-state index contributed by atoms with van der Waals surface area (Å²) < 4.78 is 15.6. The monoisotopic (exact) mass is 286 g/mol. The molecule has 0 amide bonds. The van der Waals surface area contributed by atoms with Crippen LogP contribution < -0.4 is 0 Å². The Morgan fingerprint density at radius 3 is 2.42 bits per heavy atom. The van der Waals surface area contributed by atoms with E-state index in [2.05, 4.69) is 39.6 Å². The van der Waals surface area contributed by atoms with Crippen LogP contribution in [0.15, 0.2) is 11.8 Å². The molecule has 5 heteroatoms. The topological polar surface area (TPSA) is 44.8 Å². The second kappa shape index (κ2) is 5.29. The number of carbonyl (C=O) groups excluding carboxylic acids is 1. The van der Waals surface area contributed by atoms with E-state index >= 15 is 0 Å². The van der Waals surface area contributed by atoms with Crippen LogP contribution in [0, 0.1) is 0 Å². The van der Waals surface area contributed by atoms with Crippen LogP contribution in [0.3, 0.4) is 0 Å². The molecule has 0 bridgehead atoms. The van der Waals surface area contributed by atoms with Gasteiger partial charge in [-0.25, -0.2) is 4.79 Å². The summed E-state index contributed by atoms with van der Waals surface area (Å²) in [5.74, 6) is -0.977. The van der Waals surface area contributed by atoms with Gasteiger partial charge in [-0.3, -0.25) is 0 Å². The first-order chi connectivity index (χ1) is 8.48. The van der Waals surface area contributed by atoms with Crippen molar-refractivity contribution >= 4 is 14.2 Å². The fraction of sp³-hybridized carbons (Fsp3) is 0.786. The Morgan fingerprint density at radius 2 is 2.00 bits per heavy atom. The standard InChI is InChI=1S/C14H26O4Si/c1-11-14(5,18-12(15)17-11)16-9-8-10-19(6,7)13(2,3)4/h8,10-11H,9H2,1-7H3/b10-8+. The molecule has 0 radical (unpaired) electrons. The molecular formula is C14H26O4Si. The van der Waals surface area contributed by atoms with Crippen molar-refractivity contribution in [3.05, 3.63) is 11.8 Å². The van der Waals surface area contributed by atoms with Crippen LogP contribution in [0.2, 0.25) is 18.1 Å². The lowest BCUT2D eigenvalue weighted by atomic mass is 10.2. The van der Waals surface area contributed by atoms with Gasteiger partial charge in [0.05, 0.1) is 14.7 Å². The van der Waals surface area contributed by atoms with Gasteiger partial charge in [-0.2, -0.15) is 0 Å². The Hall–Kier alpha value is -0.813. The molecule has 0 saturated carbocycles. The van der Waals surface area contributed by atoms with Gasteiger partial charge in [0.15, 0.2) is 6.10 Å². The van der Waals surface area contributed by atoms with Gasteiger partial charge >= 0.3 is 6.16 Å². The summed E-state index contributed by atoms with van der Waals surface area (Å²) >= 11 is 0. The molecule has 1 fully saturated rings. The molecule has 4 nitrogen and oxygen atoms in total. The minimum Gasteiger partial charge on any atom is -0.424 e. The number of ether oxygens (including phenoxy) is 3. The molecule has 0 aromatic rings. The first-order valence-corrected chi connectivity index (χ1v) is 9.77. The summed E-state index contributed by atoms with van der Waals surface area (Å²) in [4.78, 5) is 11.1. The molecule has 1 saturated heterocycles. The van der Waals surface area contributed by atoms with E-state index in [0.717, 1.165) is 0 Å². The van der Waals surface area contributed by atoms with Gasteiger partial charge in [0.25, 0.3) is 5.79 Å². The van der Waals surface area contributed by atoms with E-state index in [1.165, 1.54) is 0 Å². The molecule has 1 rings (SSSR count). The van der Waals surface area contributed by atoms with Crippen molar-refractivity contribution in [3.63, 3.8) is 0 Å². The molecule has 0 aliphatic carbocycles. The maximum absolute atomic E-state index is 11.1. The molecule has 110 valence electrons. The van der Waals surface area contributed by atoms with Gasteiger partial charge in [0.1, 0.15) is 0 Å². The second-order valence-corrected chi connectivity index (χ2v) is 12.1. The number of hydrogen-bond acceptors (Lipinski definition) is 4. The Bertz CT molecular complexity index is 370. The van der Waals surface area contributed by atoms with E-state index in [0.29, 0.717) is 11.6 Å². The van der Waals surface area contributed by atoms with Gasteiger partial charge in [0.2, 0.25) is 0 Å². The first kappa shape index (κ1) is 16.2. The van der Waals surface area contributed by atoms with Gasteiger partial charge in [-0.15, -0.1) is 0 Å². The minimum atomic E-state index is -1.44. The highest BCUT2D eigenvalue weighted by atomic mass is 28.3. The van der Waals surface area contributed by atoms with Crippen molar-refractivity contribution in [2.75, 3.05) is 6.61 Å². The summed E-state index contributed by atoms with van der Waals surface area (Å²) in [6.07, 6.45) is 0.978. The summed E-state index contributed by atoms with van der Waals surface area (Å²) in [5.41, 5.74) is 2.28. The van der Waals surface area contributed by atoms with Crippen LogP contribution in [-0.2, 0) is 14.2 Å². The zero-order valence-electron chi connectivity index (χ0n) is 13.1. The van der Waals surface area contributed by atoms with Crippen molar-refractivity contribution in [3.8, 4) is 0 Å². The van der Waals surface area contributed by atoms with Crippen molar-refractivity contribution in [1.29, 1.82) is 0 Å². The van der Waals surface area contributed by atoms with Crippen molar-refractivity contribution in [1.82, 2.24) is 0 Å². The number of carbonyl (C=O) groups is 1. The van der Waals surface area contributed by atoms with E-state index < -0.39 is 20.0 Å². The van der Waals surface area contributed by atoms with Crippen LogP contribution in [0.4, 0.5) is 4.79 Å². The van der Waals surface area contributed by atoms with E-state index in [1.54, 1.807) is 13.8 Å². The predicted octanol–water partition coefficient (Wildman–Crippen LogP) is 3.88. The van der Waals surface area contributed by atoms with Crippen LogP contribution >= 0.6 is 0 Å². The predicted molar refractivity (Wildman–Crippen MR) is 77.7 cm³/mol. The number of cyclic esters (lactones) is 2.